The maximum absolute atomic E-state index is 16.2. The van der Waals surface area contributed by atoms with E-state index in [1.54, 1.807) is 0 Å². The molecule has 1 aliphatic heterocycles. The van der Waals surface area contributed by atoms with E-state index in [4.69, 9.17) is 9.47 Å². The molecule has 7 rings (SSSR count). The van der Waals surface area contributed by atoms with Crippen LogP contribution in [0.4, 0.5) is 17.6 Å². The van der Waals surface area contributed by atoms with E-state index >= 15 is 8.78 Å². The summed E-state index contributed by atoms with van der Waals surface area (Å²) >= 11 is 0. The lowest BCUT2D eigenvalue weighted by molar-refractivity contribution is -0.347. The maximum atomic E-state index is 16.2. The predicted molar refractivity (Wildman–Crippen MR) is 113 cm³/mol. The van der Waals surface area contributed by atoms with Crippen LogP contribution in [0.3, 0.4) is 0 Å². The molecule has 1 saturated heterocycles. The molecule has 4 fully saturated rings. The Balaban J connectivity index is 1.26. The largest absolute Gasteiger partial charge is 0.491 e. The minimum absolute atomic E-state index is 0.129. The van der Waals surface area contributed by atoms with Crippen LogP contribution >= 0.6 is 0 Å². The molecule has 0 spiro atoms. The van der Waals surface area contributed by atoms with Gasteiger partial charge in [0.15, 0.2) is 5.60 Å². The van der Waals surface area contributed by atoms with E-state index in [1.165, 1.54) is 0 Å². The zero-order valence-corrected chi connectivity index (χ0v) is 18.5. The molecule has 3 saturated carbocycles. The highest BCUT2D eigenvalue weighted by atomic mass is 19.3. The van der Waals surface area contributed by atoms with Crippen molar-refractivity contribution in [2.45, 2.75) is 48.8 Å². The lowest BCUT2D eigenvalue weighted by Gasteiger charge is -2.74. The molecule has 3 aromatic rings. The van der Waals surface area contributed by atoms with Crippen LogP contribution in [0.15, 0.2) is 48.8 Å². The molecule has 2 heterocycles. The van der Waals surface area contributed by atoms with E-state index < -0.39 is 46.1 Å². The smallest absolute Gasteiger partial charge is 0.287 e. The molecule has 0 radical (unpaired) electrons. The summed E-state index contributed by atoms with van der Waals surface area (Å²) in [6.07, 6.45) is 1.58. The molecule has 1 aromatic heterocycles. The number of rotatable bonds is 9. The number of hydrogen-bond acceptors (Lipinski definition) is 6. The number of halogens is 4. The average Bonchev–Trinajstić information content (AvgIpc) is 3.45. The predicted octanol–water partition coefficient (Wildman–Crippen LogP) is 3.37. The Bertz CT molecular complexity index is 1230. The van der Waals surface area contributed by atoms with Crippen molar-refractivity contribution in [3.05, 3.63) is 71.6 Å². The monoisotopic (exact) mass is 490 g/mol. The van der Waals surface area contributed by atoms with Gasteiger partial charge in [0.25, 0.3) is 5.92 Å². The van der Waals surface area contributed by atoms with Gasteiger partial charge in [-0.2, -0.15) is 0 Å². The summed E-state index contributed by atoms with van der Waals surface area (Å²) in [7, 11) is 0. The molecule has 2 aromatic carbocycles. The Labute approximate surface area is 197 Å². The van der Waals surface area contributed by atoms with Crippen LogP contribution in [-0.2, 0) is 22.3 Å². The van der Waals surface area contributed by atoms with Gasteiger partial charge in [-0.1, -0.05) is 12.1 Å². The summed E-state index contributed by atoms with van der Waals surface area (Å²) in [4.78, 5) is 0. The van der Waals surface area contributed by atoms with Gasteiger partial charge < -0.3 is 14.6 Å². The number of aromatic nitrogens is 4. The van der Waals surface area contributed by atoms with Gasteiger partial charge in [0.2, 0.25) is 0 Å². The third kappa shape index (κ3) is 3.35. The number of alkyl halides is 2. The van der Waals surface area contributed by atoms with Gasteiger partial charge >= 0.3 is 0 Å². The highest BCUT2D eigenvalue weighted by Crippen LogP contribution is 2.80. The lowest BCUT2D eigenvalue weighted by atomic mass is 9.30. The topological polar surface area (TPSA) is 85.6 Å². The van der Waals surface area contributed by atoms with E-state index in [2.05, 4.69) is 15.5 Å². The van der Waals surface area contributed by atoms with Crippen molar-refractivity contribution in [2.24, 2.45) is 5.41 Å². The highest BCUT2D eigenvalue weighted by Gasteiger charge is 2.82. The molecule has 35 heavy (non-hydrogen) atoms. The van der Waals surface area contributed by atoms with Gasteiger partial charge in [0, 0.05) is 17.0 Å². The van der Waals surface area contributed by atoms with Crippen LogP contribution in [0.2, 0.25) is 0 Å². The molecule has 2 atom stereocenters. The first kappa shape index (κ1) is 22.4. The molecule has 2 bridgehead atoms. The van der Waals surface area contributed by atoms with Crippen LogP contribution in [0, 0.1) is 17.0 Å². The van der Waals surface area contributed by atoms with E-state index in [0.29, 0.717) is 25.0 Å². The second-order valence-electron chi connectivity index (χ2n) is 9.95. The van der Waals surface area contributed by atoms with E-state index in [0.717, 1.165) is 28.7 Å². The average molecular weight is 490 g/mol. The van der Waals surface area contributed by atoms with Crippen LogP contribution in [-0.4, -0.2) is 50.6 Å². The van der Waals surface area contributed by atoms with Crippen molar-refractivity contribution < 1.29 is 32.1 Å². The van der Waals surface area contributed by atoms with Crippen LogP contribution in [0.5, 0.6) is 5.75 Å². The van der Waals surface area contributed by atoms with Crippen LogP contribution in [0.1, 0.15) is 30.4 Å². The first-order valence-corrected chi connectivity index (χ1v) is 11.3. The first-order valence-electron chi connectivity index (χ1n) is 11.3. The second kappa shape index (κ2) is 7.47. The van der Waals surface area contributed by atoms with E-state index in [9.17, 15) is 13.9 Å². The van der Waals surface area contributed by atoms with Gasteiger partial charge in [0.05, 0.1) is 13.2 Å². The van der Waals surface area contributed by atoms with Gasteiger partial charge in [-0.15, -0.1) is 5.10 Å². The van der Waals surface area contributed by atoms with Crippen LogP contribution in [0.25, 0.3) is 0 Å². The summed E-state index contributed by atoms with van der Waals surface area (Å²) in [6, 6.07) is 9.56. The molecule has 11 heteroatoms. The fraction of sp³-hybridized carbons (Fsp3) is 0.458. The number of benzene rings is 2. The van der Waals surface area contributed by atoms with Crippen molar-refractivity contribution in [3.63, 3.8) is 0 Å². The molecule has 184 valence electrons. The van der Waals surface area contributed by atoms with Crippen molar-refractivity contribution in [1.82, 2.24) is 20.2 Å². The first-order chi connectivity index (χ1) is 16.7. The summed E-state index contributed by atoms with van der Waals surface area (Å²) in [5, 5.41) is 21.8. The van der Waals surface area contributed by atoms with Gasteiger partial charge in [0.1, 0.15) is 36.4 Å². The Kier molecular flexibility index (Phi) is 4.79. The molecule has 1 N–H and O–H groups in total. The van der Waals surface area contributed by atoms with Crippen molar-refractivity contribution >= 4 is 0 Å². The Morgan fingerprint density at radius 1 is 1.11 bits per heavy atom. The number of aliphatic hydroxyl groups is 1. The van der Waals surface area contributed by atoms with Crippen molar-refractivity contribution in [3.8, 4) is 5.75 Å². The Morgan fingerprint density at radius 2 is 1.83 bits per heavy atom. The molecular formula is C24H22F4N4O3. The highest BCUT2D eigenvalue weighted by molar-refractivity contribution is 5.44. The number of epoxide rings is 1. The number of nitrogens with zero attached hydrogens (tertiary/aromatic N) is 4. The number of ether oxygens (including phenoxy) is 2. The van der Waals surface area contributed by atoms with Crippen molar-refractivity contribution in [2.75, 3.05) is 13.2 Å². The quantitative estimate of drug-likeness (QED) is 0.366. The fourth-order valence-corrected chi connectivity index (χ4v) is 5.79. The van der Waals surface area contributed by atoms with Gasteiger partial charge in [-0.05, 0) is 64.9 Å². The van der Waals surface area contributed by atoms with E-state index in [-0.39, 0.29) is 25.4 Å². The number of tetrazole rings is 1. The molecule has 2 unspecified atom stereocenters. The Hall–Kier alpha value is -3.05. The summed E-state index contributed by atoms with van der Waals surface area (Å²) in [5.74, 6) is -5.26. The third-order valence-electron chi connectivity index (χ3n) is 7.68. The lowest BCUT2D eigenvalue weighted by Crippen LogP contribution is -2.76. The standard InChI is InChI=1S/C24H22F4N4O3/c25-16-3-6-19(20(26)7-16)23(33,13-32-14-29-30-31-32)24(27,28)22-10-21(11-22,12-22)15-1-4-17(5-2-15)34-8-18-9-35-18/h1-7,14,18,33H,8-13H2. The molecule has 0 amide bonds. The maximum Gasteiger partial charge on any atom is 0.287 e. The SMILES string of the molecule is OC(Cn1cnnn1)(c1ccc(F)cc1F)C(F)(F)C12CC(c3ccc(OCC4CO4)cc3)(C1)C2. The number of hydrogen-bond donors (Lipinski definition) is 1. The summed E-state index contributed by atoms with van der Waals surface area (Å²) < 4.78 is 72.3. The summed E-state index contributed by atoms with van der Waals surface area (Å²) in [6.45, 7) is 0.375. The molecular weight excluding hydrogens is 468 g/mol. The minimum atomic E-state index is -3.75. The normalized spacial score (nSPS) is 28.5. The molecule has 3 aliphatic carbocycles. The van der Waals surface area contributed by atoms with Crippen molar-refractivity contribution in [1.29, 1.82) is 0 Å². The zero-order chi connectivity index (χ0) is 24.5. The van der Waals surface area contributed by atoms with Gasteiger partial charge in [-0.25, -0.2) is 22.2 Å². The zero-order valence-electron chi connectivity index (χ0n) is 18.5. The second-order valence-corrected chi connectivity index (χ2v) is 9.95. The Morgan fingerprint density at radius 3 is 2.43 bits per heavy atom. The molecule has 4 aliphatic rings. The van der Waals surface area contributed by atoms with E-state index in [1.807, 2.05) is 24.3 Å². The molecule has 7 nitrogen and oxygen atoms in total. The minimum Gasteiger partial charge on any atom is -0.491 e. The fourth-order valence-electron chi connectivity index (χ4n) is 5.79. The third-order valence-corrected chi connectivity index (χ3v) is 7.68. The summed E-state index contributed by atoms with van der Waals surface area (Å²) in [5.41, 5.74) is -4.73. The van der Waals surface area contributed by atoms with Gasteiger partial charge in [-0.3, -0.25) is 0 Å². The van der Waals surface area contributed by atoms with Crippen LogP contribution < -0.4 is 4.74 Å².